The molecular weight excluding hydrogens is 238 g/mol. The van der Waals surface area contributed by atoms with Gasteiger partial charge in [0.05, 0.1) is 15.4 Å². The number of phenols is 1. The highest BCUT2D eigenvalue weighted by molar-refractivity contribution is 9.10. The Morgan fingerprint density at radius 1 is 1.62 bits per heavy atom. The summed E-state index contributed by atoms with van der Waals surface area (Å²) in [5.41, 5.74) is 0.109. The molecule has 1 aromatic carbocycles. The second-order valence-electron chi connectivity index (χ2n) is 2.10. The van der Waals surface area contributed by atoms with Gasteiger partial charge in [0.2, 0.25) is 6.11 Å². The van der Waals surface area contributed by atoms with Crippen LogP contribution in [0.25, 0.3) is 0 Å². The Kier molecular flexibility index (Phi) is 2.88. The van der Waals surface area contributed by atoms with Crippen LogP contribution in [0.3, 0.4) is 0 Å². The molecule has 0 aliphatic rings. The fourth-order valence-electron chi connectivity index (χ4n) is 0.738. The maximum Gasteiger partial charge on any atom is 0.335 e. The van der Waals surface area contributed by atoms with E-state index in [1.54, 1.807) is 6.11 Å². The monoisotopic (exact) mass is 242 g/mol. The molecule has 1 aromatic rings. The van der Waals surface area contributed by atoms with Gasteiger partial charge < -0.3 is 5.11 Å². The van der Waals surface area contributed by atoms with E-state index >= 15 is 0 Å². The maximum absolute atomic E-state index is 11.0. The van der Waals surface area contributed by atoms with Gasteiger partial charge in [-0.25, -0.2) is 0 Å². The first kappa shape index (κ1) is 9.55. The van der Waals surface area contributed by atoms with Gasteiger partial charge in [-0.2, -0.15) is 0 Å². The van der Waals surface area contributed by atoms with E-state index < -0.39 is 0 Å². The summed E-state index contributed by atoms with van der Waals surface area (Å²) in [6, 6.07) is 4.17. The number of hydrogen-bond donors (Lipinski definition) is 1. The highest BCUT2D eigenvalue weighted by Crippen LogP contribution is 2.28. The van der Waals surface area contributed by atoms with Crippen LogP contribution in [0, 0.1) is 17.4 Å². The Bertz CT molecular complexity index is 383. The van der Waals surface area contributed by atoms with Crippen LogP contribution < -0.4 is 0 Å². The van der Waals surface area contributed by atoms with Crippen LogP contribution in [-0.2, 0) is 4.84 Å². The summed E-state index contributed by atoms with van der Waals surface area (Å²) in [7, 11) is 0. The average Bonchev–Trinajstić information content (AvgIpc) is 2.09. The van der Waals surface area contributed by atoms with Gasteiger partial charge >= 0.3 is 5.69 Å². The second-order valence-corrected chi connectivity index (χ2v) is 2.96. The largest absolute Gasteiger partial charge is 0.508 e. The van der Waals surface area contributed by atoms with E-state index in [2.05, 4.69) is 20.8 Å². The van der Waals surface area contributed by atoms with Crippen LogP contribution in [0.1, 0.15) is 0 Å². The number of hydrogen-bond acceptors (Lipinski definition) is 3. The molecule has 0 aliphatic heterocycles. The van der Waals surface area contributed by atoms with Crippen molar-refractivity contribution in [3.8, 4) is 18.3 Å². The lowest BCUT2D eigenvalue weighted by molar-refractivity contribution is -0.719. The zero-order chi connectivity index (χ0) is 9.84. The van der Waals surface area contributed by atoms with Gasteiger partial charge in [-0.15, -0.1) is 4.84 Å². The zero-order valence-electron chi connectivity index (χ0n) is 6.40. The van der Waals surface area contributed by atoms with E-state index in [-0.39, 0.29) is 16.4 Å². The third-order valence-corrected chi connectivity index (χ3v) is 1.93. The van der Waals surface area contributed by atoms with Crippen molar-refractivity contribution >= 4 is 21.6 Å². The molecule has 66 valence electrons. The Balaban J connectivity index is 3.07. The summed E-state index contributed by atoms with van der Waals surface area (Å²) < 4.78 is 0.482. The molecule has 0 unspecified atom stereocenters. The first-order valence-electron chi connectivity index (χ1n) is 3.23. The van der Waals surface area contributed by atoms with Gasteiger partial charge in [0, 0.05) is 0 Å². The van der Waals surface area contributed by atoms with Gasteiger partial charge in [-0.3, -0.25) is 0 Å². The lowest BCUT2D eigenvalue weighted by atomic mass is 10.3. The Morgan fingerprint density at radius 3 is 2.92 bits per heavy atom. The molecule has 0 saturated carbocycles. The molecule has 0 atom stereocenters. The van der Waals surface area contributed by atoms with Crippen molar-refractivity contribution in [2.75, 3.05) is 0 Å². The first-order chi connectivity index (χ1) is 6.15. The van der Waals surface area contributed by atoms with Gasteiger partial charge in [-0.1, -0.05) is 6.42 Å². The summed E-state index contributed by atoms with van der Waals surface area (Å²) in [5.74, 6) is -0.0420. The predicted molar refractivity (Wildman–Crippen MR) is 49.0 cm³/mol. The van der Waals surface area contributed by atoms with E-state index in [1.165, 1.54) is 18.2 Å². The fraction of sp³-hybridized carbons (Fsp3) is 0. The predicted octanol–water partition coefficient (Wildman–Crippen LogP) is 2.09. The average molecular weight is 243 g/mol. The molecule has 0 bridgehead atoms. The molecule has 1 N–H and O–H groups in total. The van der Waals surface area contributed by atoms with E-state index in [0.29, 0.717) is 4.47 Å². The number of benzene rings is 1. The Labute approximate surface area is 82.8 Å². The minimum atomic E-state index is -0.0420. The van der Waals surface area contributed by atoms with Crippen molar-refractivity contribution in [2.24, 2.45) is 0 Å². The summed E-state index contributed by atoms with van der Waals surface area (Å²) in [6.07, 6.45) is 6.49. The summed E-state index contributed by atoms with van der Waals surface area (Å²) >= 11 is 3.10. The molecule has 13 heavy (non-hydrogen) atoms. The number of nitrogens with zero attached hydrogens (tertiary/aromatic N) is 1. The molecule has 0 fully saturated rings. The molecule has 0 amide bonds. The highest BCUT2D eigenvalue weighted by atomic mass is 79.9. The van der Waals surface area contributed by atoms with Gasteiger partial charge in [0.15, 0.2) is 0 Å². The van der Waals surface area contributed by atoms with Crippen LogP contribution in [0.4, 0.5) is 5.69 Å². The van der Waals surface area contributed by atoms with Crippen molar-refractivity contribution in [3.05, 3.63) is 27.6 Å². The molecule has 0 spiro atoms. The summed E-state index contributed by atoms with van der Waals surface area (Å²) in [4.78, 5) is 15.4. The normalized spacial score (nSPS) is 8.92. The lowest BCUT2D eigenvalue weighted by Crippen LogP contribution is -1.97. The zero-order valence-corrected chi connectivity index (χ0v) is 7.98. The third-order valence-electron chi connectivity index (χ3n) is 1.26. The second kappa shape index (κ2) is 3.92. The van der Waals surface area contributed by atoms with Crippen molar-refractivity contribution in [2.45, 2.75) is 0 Å². The van der Waals surface area contributed by atoms with E-state index in [0.717, 1.165) is 0 Å². The first-order valence-corrected chi connectivity index (χ1v) is 4.03. The Morgan fingerprint density at radius 2 is 2.31 bits per heavy atom. The SMILES string of the molecule is C#CO[N+](=O)c1cc(O)ccc1Br. The fourth-order valence-corrected chi connectivity index (χ4v) is 1.13. The summed E-state index contributed by atoms with van der Waals surface area (Å²) in [6.45, 7) is 0. The van der Waals surface area contributed by atoms with Crippen molar-refractivity contribution in [1.29, 1.82) is 0 Å². The quantitative estimate of drug-likeness (QED) is 0.639. The number of terminal acetylenes is 1. The van der Waals surface area contributed by atoms with Crippen molar-refractivity contribution in [1.82, 2.24) is 0 Å². The maximum atomic E-state index is 11.0. The molecule has 0 aromatic heterocycles. The Hall–Kier alpha value is -1.54. The molecule has 5 heteroatoms. The van der Waals surface area contributed by atoms with Gasteiger partial charge in [-0.05, 0) is 28.1 Å². The molecule has 4 nitrogen and oxygen atoms in total. The van der Waals surface area contributed by atoms with E-state index in [1.807, 2.05) is 0 Å². The molecule has 0 heterocycles. The minimum absolute atomic E-state index is 0.0420. The smallest absolute Gasteiger partial charge is 0.335 e. The topological polar surface area (TPSA) is 49.5 Å². The van der Waals surface area contributed by atoms with Crippen LogP contribution in [0.2, 0.25) is 0 Å². The van der Waals surface area contributed by atoms with E-state index in [4.69, 9.17) is 11.5 Å². The van der Waals surface area contributed by atoms with Gasteiger partial charge in [0.1, 0.15) is 5.75 Å². The van der Waals surface area contributed by atoms with Crippen LogP contribution >= 0.6 is 15.9 Å². The van der Waals surface area contributed by atoms with Crippen molar-refractivity contribution in [3.63, 3.8) is 0 Å². The van der Waals surface area contributed by atoms with Crippen LogP contribution in [0.5, 0.6) is 5.75 Å². The molecule has 0 aliphatic carbocycles. The van der Waals surface area contributed by atoms with Crippen molar-refractivity contribution < 1.29 is 14.9 Å². The van der Waals surface area contributed by atoms with Gasteiger partial charge in [0.25, 0.3) is 4.92 Å². The molecule has 0 saturated heterocycles. The number of halogens is 1. The highest BCUT2D eigenvalue weighted by Gasteiger charge is 2.20. The lowest BCUT2D eigenvalue weighted by Gasteiger charge is -1.92. The van der Waals surface area contributed by atoms with Crippen LogP contribution in [-0.4, -0.2) is 10.0 Å². The summed E-state index contributed by atoms with van der Waals surface area (Å²) in [5, 5.41) is 9.06. The van der Waals surface area contributed by atoms with E-state index in [9.17, 15) is 4.91 Å². The molecule has 0 radical (unpaired) electrons. The number of phenolic OH excluding ortho intramolecular Hbond substituents is 1. The van der Waals surface area contributed by atoms with Crippen LogP contribution in [0.15, 0.2) is 22.7 Å². The minimum Gasteiger partial charge on any atom is -0.508 e. The molecule has 1 rings (SSSR count). The standard InChI is InChI=1S/C8H4BrNO3/c1-2-13-10(12)8-5-6(11)3-4-7(8)9/h1,3-5H/p+1. The molecular formula is C8H5BrNO3+. The third kappa shape index (κ3) is 2.20. The number of rotatable bonds is 2. The number of aromatic hydroxyl groups is 1.